The number of hydrogen-bond acceptors (Lipinski definition) is 5. The van der Waals surface area contributed by atoms with E-state index in [-0.39, 0.29) is 11.9 Å². The van der Waals surface area contributed by atoms with E-state index < -0.39 is 0 Å². The third-order valence-corrected chi connectivity index (χ3v) is 6.91. The summed E-state index contributed by atoms with van der Waals surface area (Å²) in [6.45, 7) is 2.57. The number of nitriles is 1. The van der Waals surface area contributed by atoms with Crippen molar-refractivity contribution in [1.29, 1.82) is 5.26 Å². The fraction of sp³-hybridized carbons (Fsp3) is 0.308. The second-order valence-electron chi connectivity index (χ2n) is 7.93. The number of thioether (sulfide) groups is 1. The van der Waals surface area contributed by atoms with E-state index in [9.17, 15) is 4.79 Å². The molecule has 2 heterocycles. The van der Waals surface area contributed by atoms with Crippen LogP contribution in [0, 0.1) is 11.3 Å². The summed E-state index contributed by atoms with van der Waals surface area (Å²) in [4.78, 5) is 16.5. The maximum atomic E-state index is 13.1. The van der Waals surface area contributed by atoms with Crippen molar-refractivity contribution in [3.05, 3.63) is 89.4 Å². The van der Waals surface area contributed by atoms with Crippen LogP contribution in [0.1, 0.15) is 52.5 Å². The molecule has 6 heteroatoms. The highest BCUT2D eigenvalue weighted by atomic mass is 32.2. The topological polar surface area (TPSA) is 69.3 Å². The van der Waals surface area contributed by atoms with Gasteiger partial charge in [0.1, 0.15) is 5.76 Å². The molecule has 0 spiro atoms. The number of benzene rings is 2. The van der Waals surface area contributed by atoms with Crippen LogP contribution in [0.3, 0.4) is 0 Å². The highest BCUT2D eigenvalue weighted by Gasteiger charge is 2.25. The number of carbonyl (C=O) groups is 1. The lowest BCUT2D eigenvalue weighted by Crippen LogP contribution is -2.40. The zero-order valence-electron chi connectivity index (χ0n) is 18.0. The first kappa shape index (κ1) is 22.2. The molecule has 1 aromatic heterocycles. The van der Waals surface area contributed by atoms with Crippen LogP contribution in [0.25, 0.3) is 0 Å². The Morgan fingerprint density at radius 2 is 1.84 bits per heavy atom. The van der Waals surface area contributed by atoms with Crippen molar-refractivity contribution in [1.82, 2.24) is 10.2 Å². The molecule has 0 saturated carbocycles. The zero-order valence-corrected chi connectivity index (χ0v) is 18.8. The predicted octanol–water partition coefficient (Wildman–Crippen LogP) is 5.40. The zero-order chi connectivity index (χ0) is 22.2. The van der Waals surface area contributed by atoms with E-state index >= 15 is 0 Å². The summed E-state index contributed by atoms with van der Waals surface area (Å²) in [6.07, 6.45) is 5.32. The van der Waals surface area contributed by atoms with Crippen LogP contribution in [0.2, 0.25) is 0 Å². The molecule has 32 heavy (non-hydrogen) atoms. The van der Waals surface area contributed by atoms with E-state index in [0.29, 0.717) is 17.7 Å². The Morgan fingerprint density at radius 3 is 2.56 bits per heavy atom. The van der Waals surface area contributed by atoms with Gasteiger partial charge in [-0.25, -0.2) is 0 Å². The SMILES string of the molecule is N#Cc1ccc(CSc2ccccc2C(=O)NCC(c2ccco2)N2CCCCC2)cc1. The first-order valence-corrected chi connectivity index (χ1v) is 12.0. The van der Waals surface area contributed by atoms with Crippen molar-refractivity contribution < 1.29 is 9.21 Å². The van der Waals surface area contributed by atoms with Crippen molar-refractivity contribution in [3.8, 4) is 6.07 Å². The summed E-state index contributed by atoms with van der Waals surface area (Å²) in [6, 6.07) is 21.4. The van der Waals surface area contributed by atoms with Crippen LogP contribution in [0.4, 0.5) is 0 Å². The van der Waals surface area contributed by atoms with Crippen LogP contribution < -0.4 is 5.32 Å². The number of nitrogens with one attached hydrogen (secondary N) is 1. The molecular formula is C26H27N3O2S. The Hall–Kier alpha value is -3.01. The number of rotatable bonds is 8. The lowest BCUT2D eigenvalue weighted by atomic mass is 10.1. The fourth-order valence-corrected chi connectivity index (χ4v) is 5.03. The lowest BCUT2D eigenvalue weighted by molar-refractivity contribution is 0.0911. The molecule has 0 radical (unpaired) electrons. The van der Waals surface area contributed by atoms with Crippen molar-refractivity contribution in [2.24, 2.45) is 0 Å². The molecule has 1 saturated heterocycles. The summed E-state index contributed by atoms with van der Waals surface area (Å²) >= 11 is 1.63. The highest BCUT2D eigenvalue weighted by molar-refractivity contribution is 7.98. The molecule has 2 aromatic carbocycles. The molecule has 164 valence electrons. The van der Waals surface area contributed by atoms with Crippen molar-refractivity contribution in [2.45, 2.75) is 36.0 Å². The van der Waals surface area contributed by atoms with Gasteiger partial charge in [0.25, 0.3) is 5.91 Å². The van der Waals surface area contributed by atoms with Crippen LogP contribution in [0.5, 0.6) is 0 Å². The van der Waals surface area contributed by atoms with Gasteiger partial charge in [-0.2, -0.15) is 5.26 Å². The molecule has 1 N–H and O–H groups in total. The van der Waals surface area contributed by atoms with Gasteiger partial charge in [-0.15, -0.1) is 11.8 Å². The maximum absolute atomic E-state index is 13.1. The summed E-state index contributed by atoms with van der Waals surface area (Å²) in [5.41, 5.74) is 2.45. The molecule has 4 rings (SSSR count). The molecule has 1 aliphatic heterocycles. The van der Waals surface area contributed by atoms with Crippen LogP contribution >= 0.6 is 11.8 Å². The Bertz CT molecular complexity index is 1050. The molecule has 0 aliphatic carbocycles. The molecule has 1 unspecified atom stereocenters. The van der Waals surface area contributed by atoms with Crippen LogP contribution in [0.15, 0.2) is 76.2 Å². The van der Waals surface area contributed by atoms with E-state index in [4.69, 9.17) is 9.68 Å². The largest absolute Gasteiger partial charge is 0.468 e. The normalized spacial score (nSPS) is 15.1. The van der Waals surface area contributed by atoms with Gasteiger partial charge in [0.15, 0.2) is 0 Å². The molecule has 0 bridgehead atoms. The summed E-state index contributed by atoms with van der Waals surface area (Å²) in [7, 11) is 0. The number of likely N-dealkylation sites (tertiary alicyclic amines) is 1. The number of hydrogen-bond donors (Lipinski definition) is 1. The maximum Gasteiger partial charge on any atom is 0.252 e. The first-order chi connectivity index (χ1) is 15.7. The fourth-order valence-electron chi connectivity index (χ4n) is 4.02. The molecule has 1 atom stereocenters. The van der Waals surface area contributed by atoms with E-state index in [2.05, 4.69) is 16.3 Å². The Labute approximate surface area is 193 Å². The van der Waals surface area contributed by atoms with Crippen LogP contribution in [-0.2, 0) is 5.75 Å². The van der Waals surface area contributed by atoms with E-state index in [0.717, 1.165) is 35.1 Å². The van der Waals surface area contributed by atoms with Gasteiger partial charge >= 0.3 is 0 Å². The molecule has 1 aliphatic rings. The second kappa shape index (κ2) is 11.0. The quantitative estimate of drug-likeness (QED) is 0.470. The molecular weight excluding hydrogens is 418 g/mol. The van der Waals surface area contributed by atoms with Gasteiger partial charge < -0.3 is 9.73 Å². The van der Waals surface area contributed by atoms with Gasteiger partial charge in [-0.05, 0) is 67.9 Å². The van der Waals surface area contributed by atoms with Gasteiger partial charge in [-0.3, -0.25) is 9.69 Å². The second-order valence-corrected chi connectivity index (χ2v) is 8.95. The first-order valence-electron chi connectivity index (χ1n) is 11.0. The minimum Gasteiger partial charge on any atom is -0.468 e. The van der Waals surface area contributed by atoms with Crippen molar-refractivity contribution in [2.75, 3.05) is 19.6 Å². The molecule has 1 amide bonds. The van der Waals surface area contributed by atoms with E-state index in [1.165, 1.54) is 19.3 Å². The van der Waals surface area contributed by atoms with Crippen LogP contribution in [-0.4, -0.2) is 30.4 Å². The Morgan fingerprint density at radius 1 is 1.06 bits per heavy atom. The van der Waals surface area contributed by atoms with Gasteiger partial charge in [-0.1, -0.05) is 30.7 Å². The third-order valence-electron chi connectivity index (χ3n) is 5.77. The summed E-state index contributed by atoms with van der Waals surface area (Å²) in [5.74, 6) is 1.57. The van der Waals surface area contributed by atoms with Gasteiger partial charge in [0, 0.05) is 17.2 Å². The average molecular weight is 446 g/mol. The summed E-state index contributed by atoms with van der Waals surface area (Å²) in [5, 5.41) is 12.1. The molecule has 1 fully saturated rings. The van der Waals surface area contributed by atoms with E-state index in [1.54, 1.807) is 18.0 Å². The number of nitrogens with zero attached hydrogens (tertiary/aromatic N) is 2. The average Bonchev–Trinajstić information content (AvgIpc) is 3.38. The third kappa shape index (κ3) is 5.61. The predicted molar refractivity (Wildman–Crippen MR) is 126 cm³/mol. The monoisotopic (exact) mass is 445 g/mol. The van der Waals surface area contributed by atoms with E-state index in [1.807, 2.05) is 60.7 Å². The lowest BCUT2D eigenvalue weighted by Gasteiger charge is -2.33. The molecule has 3 aromatic rings. The number of piperidine rings is 1. The highest BCUT2D eigenvalue weighted by Crippen LogP contribution is 2.28. The number of carbonyl (C=O) groups excluding carboxylic acids is 1. The summed E-state index contributed by atoms with van der Waals surface area (Å²) < 4.78 is 5.70. The minimum atomic E-state index is -0.0681. The van der Waals surface area contributed by atoms with Crippen molar-refractivity contribution in [3.63, 3.8) is 0 Å². The smallest absolute Gasteiger partial charge is 0.252 e. The Kier molecular flexibility index (Phi) is 7.65. The minimum absolute atomic E-state index is 0.0488. The van der Waals surface area contributed by atoms with Gasteiger partial charge in [0.2, 0.25) is 0 Å². The van der Waals surface area contributed by atoms with Crippen molar-refractivity contribution >= 4 is 17.7 Å². The standard InChI is InChI=1S/C26H27N3O2S/c27-17-20-10-12-21(13-11-20)19-32-25-9-3-2-7-22(25)26(30)28-18-23(24-8-6-16-31-24)29-14-4-1-5-15-29/h2-3,6-13,16,23H,1,4-5,14-15,18-19H2,(H,28,30). The van der Waals surface area contributed by atoms with Gasteiger partial charge in [0.05, 0.1) is 29.5 Å². The number of furan rings is 1. The Balaban J connectivity index is 1.41. The number of amides is 1. The molecule has 5 nitrogen and oxygen atoms in total.